The number of nitrogens with zero attached hydrogens (tertiary/aromatic N) is 3. The molecule has 5 rings (SSSR count). The van der Waals surface area contributed by atoms with E-state index < -0.39 is 11.9 Å². The number of carboxylic acids is 1. The van der Waals surface area contributed by atoms with Crippen molar-refractivity contribution in [3.63, 3.8) is 0 Å². The number of fused-ring (bicyclic) bond motifs is 1. The van der Waals surface area contributed by atoms with Gasteiger partial charge in [-0.05, 0) is 43.5 Å². The number of hydrogen-bond acceptors (Lipinski definition) is 4. The van der Waals surface area contributed by atoms with E-state index in [4.69, 9.17) is 9.51 Å². The lowest BCUT2D eigenvalue weighted by molar-refractivity contribution is -0.113. The topological polar surface area (TPSA) is 81.2 Å². The maximum Gasteiger partial charge on any atom is 0.335 e. The van der Waals surface area contributed by atoms with Crippen molar-refractivity contribution in [1.82, 2.24) is 14.7 Å². The number of pyridine rings is 1. The van der Waals surface area contributed by atoms with Crippen molar-refractivity contribution < 1.29 is 23.2 Å². The van der Waals surface area contributed by atoms with Gasteiger partial charge in [0, 0.05) is 48.5 Å². The van der Waals surface area contributed by atoms with Crippen LogP contribution in [0.1, 0.15) is 34.7 Å². The Morgan fingerprint density at radius 3 is 2.53 bits per heavy atom. The molecule has 3 aromatic heterocycles. The van der Waals surface area contributed by atoms with Crippen molar-refractivity contribution in [3.8, 4) is 22.3 Å². The Balaban J connectivity index is 1.62. The van der Waals surface area contributed by atoms with Crippen LogP contribution in [-0.2, 0) is 6.54 Å². The summed E-state index contributed by atoms with van der Waals surface area (Å²) in [4.78, 5) is 15.9. The second kappa shape index (κ2) is 7.25. The van der Waals surface area contributed by atoms with E-state index in [0.29, 0.717) is 12.3 Å². The summed E-state index contributed by atoms with van der Waals surface area (Å²) < 4.78 is 34.1. The number of alkyl halides is 2. The van der Waals surface area contributed by atoms with Crippen LogP contribution in [0.15, 0.2) is 47.2 Å². The fourth-order valence-corrected chi connectivity index (χ4v) is 4.54. The molecule has 0 amide bonds. The molecule has 3 heterocycles. The second-order valence-corrected chi connectivity index (χ2v) is 8.50. The molecule has 32 heavy (non-hydrogen) atoms. The van der Waals surface area contributed by atoms with E-state index in [0.717, 1.165) is 39.0 Å². The first-order valence-corrected chi connectivity index (χ1v) is 10.4. The van der Waals surface area contributed by atoms with Gasteiger partial charge in [-0.1, -0.05) is 17.3 Å². The molecule has 8 heteroatoms. The maximum atomic E-state index is 13.4. The summed E-state index contributed by atoms with van der Waals surface area (Å²) in [6.07, 6.45) is 3.44. The molecule has 0 unspecified atom stereocenters. The minimum atomic E-state index is -2.58. The number of aromatic nitrogens is 3. The van der Waals surface area contributed by atoms with Gasteiger partial charge in [-0.25, -0.2) is 13.6 Å². The molecule has 1 N–H and O–H groups in total. The van der Waals surface area contributed by atoms with Gasteiger partial charge in [-0.15, -0.1) is 0 Å². The quantitative estimate of drug-likeness (QED) is 0.432. The molecular formula is C24H21F2N3O3. The van der Waals surface area contributed by atoms with E-state index in [2.05, 4.69) is 5.16 Å². The van der Waals surface area contributed by atoms with Crippen LogP contribution in [-0.4, -0.2) is 31.7 Å². The molecule has 0 radical (unpaired) electrons. The Morgan fingerprint density at radius 2 is 1.94 bits per heavy atom. The second-order valence-electron chi connectivity index (χ2n) is 8.50. The van der Waals surface area contributed by atoms with E-state index in [1.54, 1.807) is 30.5 Å². The van der Waals surface area contributed by atoms with Crippen molar-refractivity contribution in [3.05, 3.63) is 59.7 Å². The molecule has 6 nitrogen and oxygen atoms in total. The SMILES string of the molecule is Cc1noc(C)c1-c1cnc2c(-c3ccc(C(=O)O)cc3)cn(CC3CC(F)(F)C3)c2c1. The first-order chi connectivity index (χ1) is 15.2. The normalized spacial score (nSPS) is 15.8. The number of aryl methyl sites for hydroxylation is 2. The molecule has 0 spiro atoms. The summed E-state index contributed by atoms with van der Waals surface area (Å²) in [6.45, 7) is 4.16. The smallest absolute Gasteiger partial charge is 0.335 e. The molecule has 1 aliphatic carbocycles. The third-order valence-electron chi connectivity index (χ3n) is 6.11. The van der Waals surface area contributed by atoms with Crippen LogP contribution in [0.4, 0.5) is 8.78 Å². The van der Waals surface area contributed by atoms with Crippen LogP contribution in [0.3, 0.4) is 0 Å². The minimum Gasteiger partial charge on any atom is -0.478 e. The van der Waals surface area contributed by atoms with Crippen LogP contribution < -0.4 is 0 Å². The van der Waals surface area contributed by atoms with Crippen molar-refractivity contribution in [2.75, 3.05) is 0 Å². The number of benzene rings is 1. The van der Waals surface area contributed by atoms with Gasteiger partial charge in [0.15, 0.2) is 0 Å². The lowest BCUT2D eigenvalue weighted by Gasteiger charge is -2.35. The van der Waals surface area contributed by atoms with Crippen LogP contribution in [0.25, 0.3) is 33.3 Å². The van der Waals surface area contributed by atoms with Crippen LogP contribution in [0.2, 0.25) is 0 Å². The zero-order valence-corrected chi connectivity index (χ0v) is 17.6. The highest BCUT2D eigenvalue weighted by atomic mass is 19.3. The van der Waals surface area contributed by atoms with Crippen LogP contribution in [0, 0.1) is 19.8 Å². The van der Waals surface area contributed by atoms with Gasteiger partial charge in [-0.3, -0.25) is 4.98 Å². The Labute approximate surface area is 182 Å². The molecule has 1 aromatic carbocycles. The van der Waals surface area contributed by atoms with E-state index in [9.17, 15) is 18.7 Å². The fraction of sp³-hybridized carbons (Fsp3) is 0.292. The van der Waals surface area contributed by atoms with Crippen LogP contribution >= 0.6 is 0 Å². The third kappa shape index (κ3) is 3.45. The molecule has 164 valence electrons. The summed E-state index contributed by atoms with van der Waals surface area (Å²) in [5.41, 5.74) is 5.87. The highest BCUT2D eigenvalue weighted by molar-refractivity contribution is 5.96. The molecule has 1 fully saturated rings. The lowest BCUT2D eigenvalue weighted by atomic mass is 9.81. The Hall–Kier alpha value is -3.55. The van der Waals surface area contributed by atoms with Gasteiger partial charge in [0.1, 0.15) is 5.76 Å². The van der Waals surface area contributed by atoms with E-state index >= 15 is 0 Å². The average Bonchev–Trinajstić information content (AvgIpc) is 3.26. The van der Waals surface area contributed by atoms with Crippen molar-refractivity contribution in [2.45, 2.75) is 39.2 Å². The standard InChI is InChI=1S/C24H21F2N3O3/c1-13-21(14(2)32-28-13)18-7-20-22(27-10-18)19(16-3-5-17(6-4-16)23(30)31)12-29(20)11-15-8-24(25,26)9-15/h3-7,10,12,15H,8-9,11H2,1-2H3,(H,30,31). The van der Waals surface area contributed by atoms with Gasteiger partial charge in [0.2, 0.25) is 5.92 Å². The predicted molar refractivity (Wildman–Crippen MR) is 115 cm³/mol. The lowest BCUT2D eigenvalue weighted by Crippen LogP contribution is -2.37. The molecule has 0 saturated heterocycles. The zero-order chi connectivity index (χ0) is 22.6. The van der Waals surface area contributed by atoms with Crippen molar-refractivity contribution in [2.24, 2.45) is 5.92 Å². The molecule has 4 aromatic rings. The number of aromatic carboxylic acids is 1. The number of halogens is 2. The molecule has 1 aliphatic rings. The van der Waals surface area contributed by atoms with Gasteiger partial charge >= 0.3 is 5.97 Å². The molecule has 0 bridgehead atoms. The number of carboxylic acid groups (broad SMARTS) is 1. The zero-order valence-electron chi connectivity index (χ0n) is 17.6. The van der Waals surface area contributed by atoms with Gasteiger partial charge < -0.3 is 14.2 Å². The summed E-state index contributed by atoms with van der Waals surface area (Å²) >= 11 is 0. The minimum absolute atomic E-state index is 0.106. The predicted octanol–water partition coefficient (Wildman–Crippen LogP) is 5.72. The number of carbonyl (C=O) groups is 1. The third-order valence-corrected chi connectivity index (χ3v) is 6.11. The first-order valence-electron chi connectivity index (χ1n) is 10.4. The largest absolute Gasteiger partial charge is 0.478 e. The first kappa shape index (κ1) is 20.4. The van der Waals surface area contributed by atoms with E-state index in [-0.39, 0.29) is 24.3 Å². The van der Waals surface area contributed by atoms with Gasteiger partial charge in [-0.2, -0.15) is 0 Å². The highest BCUT2D eigenvalue weighted by Gasteiger charge is 2.45. The summed E-state index contributed by atoms with van der Waals surface area (Å²) in [7, 11) is 0. The van der Waals surface area contributed by atoms with Crippen LogP contribution in [0.5, 0.6) is 0 Å². The van der Waals surface area contributed by atoms with Crippen molar-refractivity contribution in [1.29, 1.82) is 0 Å². The fourth-order valence-electron chi connectivity index (χ4n) is 4.54. The van der Waals surface area contributed by atoms with Gasteiger partial charge in [0.25, 0.3) is 0 Å². The number of hydrogen-bond donors (Lipinski definition) is 1. The van der Waals surface area contributed by atoms with Gasteiger partial charge in [0.05, 0.1) is 22.3 Å². The Morgan fingerprint density at radius 1 is 1.22 bits per heavy atom. The van der Waals surface area contributed by atoms with E-state index in [1.807, 2.05) is 30.7 Å². The Kier molecular flexibility index (Phi) is 4.62. The maximum absolute atomic E-state index is 13.4. The molecule has 0 aliphatic heterocycles. The monoisotopic (exact) mass is 437 g/mol. The molecule has 0 atom stereocenters. The van der Waals surface area contributed by atoms with Crippen molar-refractivity contribution >= 4 is 17.0 Å². The Bertz CT molecular complexity index is 1310. The number of rotatable bonds is 5. The summed E-state index contributed by atoms with van der Waals surface area (Å²) in [6, 6.07) is 8.56. The van der Waals surface area contributed by atoms with E-state index in [1.165, 1.54) is 0 Å². The summed E-state index contributed by atoms with van der Waals surface area (Å²) in [5.74, 6) is -2.99. The highest BCUT2D eigenvalue weighted by Crippen LogP contribution is 2.44. The average molecular weight is 437 g/mol. The molecule has 1 saturated carbocycles. The summed E-state index contributed by atoms with van der Waals surface area (Å²) in [5, 5.41) is 13.2. The molecular weight excluding hydrogens is 416 g/mol.